The van der Waals surface area contributed by atoms with E-state index < -0.39 is 0 Å². The lowest BCUT2D eigenvalue weighted by atomic mass is 10.1. The van der Waals surface area contributed by atoms with Crippen molar-refractivity contribution in [2.45, 2.75) is 6.42 Å². The topological polar surface area (TPSA) is 95.1 Å². The van der Waals surface area contributed by atoms with Crippen LogP contribution in [0.3, 0.4) is 0 Å². The highest BCUT2D eigenvalue weighted by Crippen LogP contribution is 2.31. The summed E-state index contributed by atoms with van der Waals surface area (Å²) < 4.78 is 7.04. The highest BCUT2D eigenvalue weighted by atomic mass is 16.5. The predicted octanol–water partition coefficient (Wildman–Crippen LogP) is 0.314. The quantitative estimate of drug-likeness (QED) is 0.839. The maximum Gasteiger partial charge on any atom is 0.262 e. The molecule has 0 atom stereocenters. The summed E-state index contributed by atoms with van der Waals surface area (Å²) in [4.78, 5) is 15.8. The van der Waals surface area contributed by atoms with Crippen molar-refractivity contribution in [2.24, 2.45) is 12.8 Å². The number of amides is 1. The Hall–Kier alpha value is -2.41. The van der Waals surface area contributed by atoms with Crippen molar-refractivity contribution in [3.8, 4) is 17.1 Å². The maximum absolute atomic E-state index is 11.3. The number of ether oxygens (including phenoxy) is 1. The molecule has 1 aliphatic rings. The SMILES string of the molecule is Cn1nc(CCN)nc1-c1ccc2c(c1)NC(=O)CO2. The Balaban J connectivity index is 1.98. The van der Waals surface area contributed by atoms with Gasteiger partial charge in [-0.1, -0.05) is 0 Å². The van der Waals surface area contributed by atoms with E-state index >= 15 is 0 Å². The van der Waals surface area contributed by atoms with E-state index in [1.54, 1.807) is 4.68 Å². The van der Waals surface area contributed by atoms with Crippen molar-refractivity contribution in [3.63, 3.8) is 0 Å². The molecule has 0 radical (unpaired) electrons. The maximum atomic E-state index is 11.3. The molecule has 7 heteroatoms. The largest absolute Gasteiger partial charge is 0.482 e. The minimum atomic E-state index is -0.156. The molecule has 104 valence electrons. The fourth-order valence-electron chi connectivity index (χ4n) is 2.15. The average Bonchev–Trinajstić information content (AvgIpc) is 2.79. The lowest BCUT2D eigenvalue weighted by Gasteiger charge is -2.18. The number of carbonyl (C=O) groups is 1. The van der Waals surface area contributed by atoms with Gasteiger partial charge in [-0.25, -0.2) is 9.67 Å². The van der Waals surface area contributed by atoms with E-state index in [1.165, 1.54) is 0 Å². The van der Waals surface area contributed by atoms with Crippen LogP contribution in [0.2, 0.25) is 0 Å². The first-order chi connectivity index (χ1) is 9.67. The van der Waals surface area contributed by atoms with E-state index in [2.05, 4.69) is 15.4 Å². The van der Waals surface area contributed by atoms with Gasteiger partial charge in [0.25, 0.3) is 5.91 Å². The van der Waals surface area contributed by atoms with Crippen molar-refractivity contribution >= 4 is 11.6 Å². The van der Waals surface area contributed by atoms with Crippen LogP contribution in [0.15, 0.2) is 18.2 Å². The monoisotopic (exact) mass is 273 g/mol. The minimum absolute atomic E-state index is 0.0525. The summed E-state index contributed by atoms with van der Waals surface area (Å²) in [5.41, 5.74) is 7.03. The van der Waals surface area contributed by atoms with Gasteiger partial charge < -0.3 is 15.8 Å². The van der Waals surface area contributed by atoms with Gasteiger partial charge in [-0.2, -0.15) is 5.10 Å². The van der Waals surface area contributed by atoms with Crippen LogP contribution in [-0.2, 0) is 18.3 Å². The third-order valence-electron chi connectivity index (χ3n) is 3.05. The first kappa shape index (κ1) is 12.6. The third kappa shape index (κ3) is 2.23. The highest BCUT2D eigenvalue weighted by Gasteiger charge is 2.18. The van der Waals surface area contributed by atoms with Crippen LogP contribution in [0.5, 0.6) is 5.75 Å². The number of fused-ring (bicyclic) bond motifs is 1. The number of benzene rings is 1. The molecule has 1 amide bonds. The Kier molecular flexibility index (Phi) is 3.11. The number of anilines is 1. The van der Waals surface area contributed by atoms with Crippen LogP contribution in [0, 0.1) is 0 Å². The van der Waals surface area contributed by atoms with Gasteiger partial charge in [0, 0.05) is 19.0 Å². The fourth-order valence-corrected chi connectivity index (χ4v) is 2.15. The molecule has 0 fully saturated rings. The number of hydrogen-bond donors (Lipinski definition) is 2. The number of nitrogens with two attached hydrogens (primary N) is 1. The third-order valence-corrected chi connectivity index (χ3v) is 3.05. The molecule has 1 aliphatic heterocycles. The van der Waals surface area contributed by atoms with Gasteiger partial charge in [0.1, 0.15) is 5.75 Å². The summed E-state index contributed by atoms with van der Waals surface area (Å²) in [7, 11) is 1.83. The molecule has 0 aliphatic carbocycles. The summed E-state index contributed by atoms with van der Waals surface area (Å²) in [5.74, 6) is 1.95. The second kappa shape index (κ2) is 4.93. The minimum Gasteiger partial charge on any atom is -0.482 e. The molecule has 2 aromatic rings. The summed E-state index contributed by atoms with van der Waals surface area (Å²) >= 11 is 0. The molecule has 0 bridgehead atoms. The van der Waals surface area contributed by atoms with Gasteiger partial charge in [-0.05, 0) is 24.7 Å². The number of carbonyl (C=O) groups excluding carboxylic acids is 1. The van der Waals surface area contributed by atoms with Crippen molar-refractivity contribution in [2.75, 3.05) is 18.5 Å². The Bertz CT molecular complexity index is 665. The van der Waals surface area contributed by atoms with Crippen molar-refractivity contribution < 1.29 is 9.53 Å². The zero-order valence-electron chi connectivity index (χ0n) is 11.1. The molecule has 0 unspecified atom stereocenters. The Morgan fingerprint density at radius 2 is 2.35 bits per heavy atom. The van der Waals surface area contributed by atoms with E-state index in [1.807, 2.05) is 25.2 Å². The predicted molar refractivity (Wildman–Crippen MR) is 73.3 cm³/mol. The normalized spacial score (nSPS) is 13.6. The average molecular weight is 273 g/mol. The molecular formula is C13H15N5O2. The molecular weight excluding hydrogens is 258 g/mol. The van der Waals surface area contributed by atoms with Gasteiger partial charge in [-0.3, -0.25) is 4.79 Å². The summed E-state index contributed by atoms with van der Waals surface area (Å²) in [6.07, 6.45) is 0.638. The number of nitrogens with zero attached hydrogens (tertiary/aromatic N) is 3. The van der Waals surface area contributed by atoms with Gasteiger partial charge in [0.05, 0.1) is 5.69 Å². The van der Waals surface area contributed by atoms with E-state index in [0.717, 1.165) is 11.4 Å². The smallest absolute Gasteiger partial charge is 0.262 e. The molecule has 20 heavy (non-hydrogen) atoms. The summed E-state index contributed by atoms with van der Waals surface area (Å²) in [5, 5.41) is 7.09. The van der Waals surface area contributed by atoms with E-state index in [4.69, 9.17) is 10.5 Å². The zero-order chi connectivity index (χ0) is 14.1. The fraction of sp³-hybridized carbons (Fsp3) is 0.308. The van der Waals surface area contributed by atoms with Crippen LogP contribution in [0.25, 0.3) is 11.4 Å². The lowest BCUT2D eigenvalue weighted by molar-refractivity contribution is -0.118. The second-order valence-corrected chi connectivity index (χ2v) is 4.56. The van der Waals surface area contributed by atoms with Gasteiger partial charge >= 0.3 is 0 Å². The highest BCUT2D eigenvalue weighted by molar-refractivity contribution is 5.96. The van der Waals surface area contributed by atoms with Crippen LogP contribution in [-0.4, -0.2) is 33.8 Å². The first-order valence-corrected chi connectivity index (χ1v) is 6.34. The van der Waals surface area contributed by atoms with Crippen LogP contribution < -0.4 is 15.8 Å². The van der Waals surface area contributed by atoms with Crippen LogP contribution in [0.1, 0.15) is 5.82 Å². The molecule has 1 aromatic heterocycles. The molecule has 1 aromatic carbocycles. The molecule has 3 N–H and O–H groups in total. The van der Waals surface area contributed by atoms with Crippen LogP contribution in [0.4, 0.5) is 5.69 Å². The number of aryl methyl sites for hydroxylation is 1. The summed E-state index contributed by atoms with van der Waals surface area (Å²) in [6.45, 7) is 0.564. The van der Waals surface area contributed by atoms with Gasteiger partial charge in [0.15, 0.2) is 18.3 Å². The van der Waals surface area contributed by atoms with E-state index in [-0.39, 0.29) is 12.5 Å². The zero-order valence-corrected chi connectivity index (χ0v) is 11.1. The summed E-state index contributed by atoms with van der Waals surface area (Å²) in [6, 6.07) is 5.55. The van der Waals surface area contributed by atoms with Gasteiger partial charge in [-0.15, -0.1) is 0 Å². The van der Waals surface area contributed by atoms with E-state index in [9.17, 15) is 4.79 Å². The molecule has 0 saturated carbocycles. The number of nitrogens with one attached hydrogen (secondary N) is 1. The molecule has 0 saturated heterocycles. The molecule has 0 spiro atoms. The van der Waals surface area contributed by atoms with Crippen molar-refractivity contribution in [1.29, 1.82) is 0 Å². The van der Waals surface area contributed by atoms with Crippen molar-refractivity contribution in [3.05, 3.63) is 24.0 Å². The van der Waals surface area contributed by atoms with Crippen molar-refractivity contribution in [1.82, 2.24) is 14.8 Å². The lowest BCUT2D eigenvalue weighted by Crippen LogP contribution is -2.25. The molecule has 2 heterocycles. The Morgan fingerprint density at radius 1 is 1.50 bits per heavy atom. The first-order valence-electron chi connectivity index (χ1n) is 6.34. The molecule has 7 nitrogen and oxygen atoms in total. The standard InChI is InChI=1S/C13H15N5O2/c1-18-13(16-11(17-18)4-5-14)8-2-3-10-9(6-8)15-12(19)7-20-10/h2-3,6H,4-5,7,14H2,1H3,(H,15,19). The number of hydrogen-bond acceptors (Lipinski definition) is 5. The second-order valence-electron chi connectivity index (χ2n) is 4.56. The molecule has 3 rings (SSSR count). The van der Waals surface area contributed by atoms with E-state index in [0.29, 0.717) is 30.2 Å². The Labute approximate surface area is 115 Å². The van der Waals surface area contributed by atoms with Gasteiger partial charge in [0.2, 0.25) is 0 Å². The number of aromatic nitrogens is 3. The number of rotatable bonds is 3. The van der Waals surface area contributed by atoms with Crippen LogP contribution >= 0.6 is 0 Å². The Morgan fingerprint density at radius 3 is 3.15 bits per heavy atom.